The van der Waals surface area contributed by atoms with Gasteiger partial charge in [-0.05, 0) is 18.9 Å². The third-order valence-corrected chi connectivity index (χ3v) is 3.42. The fourth-order valence-corrected chi connectivity index (χ4v) is 2.20. The van der Waals surface area contributed by atoms with E-state index in [9.17, 15) is 4.79 Å². The second-order valence-electron chi connectivity index (χ2n) is 4.72. The number of nitrogens with two attached hydrogens (primary N) is 1. The fraction of sp³-hybridized carbons (Fsp3) is 0.692. The van der Waals surface area contributed by atoms with Crippen LogP contribution in [0.5, 0.6) is 0 Å². The standard InChI is InChI=1S/C13H23N3O2S/c1-10(2)4-7-18-8-6-15-13(17)11-9-19-12(16-11)3-5-14/h9-10H,3-8,14H2,1-2H3,(H,15,17). The summed E-state index contributed by atoms with van der Waals surface area (Å²) in [4.78, 5) is 16.0. The Bertz CT molecular complexity index is 380. The molecule has 1 amide bonds. The largest absolute Gasteiger partial charge is 0.380 e. The smallest absolute Gasteiger partial charge is 0.270 e. The summed E-state index contributed by atoms with van der Waals surface area (Å²) >= 11 is 1.47. The molecule has 5 nitrogen and oxygen atoms in total. The highest BCUT2D eigenvalue weighted by Gasteiger charge is 2.09. The molecule has 1 rings (SSSR count). The zero-order valence-corrected chi connectivity index (χ0v) is 12.5. The van der Waals surface area contributed by atoms with Crippen LogP contribution in [0, 0.1) is 5.92 Å². The van der Waals surface area contributed by atoms with Gasteiger partial charge in [0.05, 0.1) is 11.6 Å². The molecule has 0 aliphatic carbocycles. The molecule has 3 N–H and O–H groups in total. The van der Waals surface area contributed by atoms with Crippen molar-refractivity contribution in [2.24, 2.45) is 11.7 Å². The molecular formula is C13H23N3O2S. The number of rotatable bonds is 9. The van der Waals surface area contributed by atoms with Gasteiger partial charge in [-0.25, -0.2) is 4.98 Å². The van der Waals surface area contributed by atoms with Crippen molar-refractivity contribution in [1.82, 2.24) is 10.3 Å². The molecule has 0 atom stereocenters. The first kappa shape index (κ1) is 16.1. The van der Waals surface area contributed by atoms with E-state index in [-0.39, 0.29) is 5.91 Å². The minimum absolute atomic E-state index is 0.146. The van der Waals surface area contributed by atoms with Gasteiger partial charge in [0.1, 0.15) is 5.69 Å². The lowest BCUT2D eigenvalue weighted by atomic mass is 10.1. The predicted octanol–water partition coefficient (Wildman–Crippen LogP) is 1.44. The molecule has 1 aromatic heterocycles. The molecule has 0 aromatic carbocycles. The highest BCUT2D eigenvalue weighted by Crippen LogP contribution is 2.09. The van der Waals surface area contributed by atoms with Crippen LogP contribution in [0.3, 0.4) is 0 Å². The van der Waals surface area contributed by atoms with Gasteiger partial charge in [-0.3, -0.25) is 4.79 Å². The molecule has 6 heteroatoms. The first-order valence-corrected chi connectivity index (χ1v) is 7.52. The number of thiazole rings is 1. The maximum absolute atomic E-state index is 11.7. The van der Waals surface area contributed by atoms with Crippen LogP contribution >= 0.6 is 11.3 Å². The molecule has 0 saturated heterocycles. The van der Waals surface area contributed by atoms with Gasteiger partial charge in [-0.2, -0.15) is 0 Å². The molecule has 0 radical (unpaired) electrons. The van der Waals surface area contributed by atoms with E-state index in [4.69, 9.17) is 10.5 Å². The Morgan fingerprint density at radius 2 is 2.32 bits per heavy atom. The first-order chi connectivity index (χ1) is 9.13. The summed E-state index contributed by atoms with van der Waals surface area (Å²) in [7, 11) is 0. The van der Waals surface area contributed by atoms with Gasteiger partial charge in [-0.15, -0.1) is 11.3 Å². The van der Waals surface area contributed by atoms with Gasteiger partial charge in [0.15, 0.2) is 0 Å². The summed E-state index contributed by atoms with van der Waals surface area (Å²) in [5.41, 5.74) is 5.91. The quantitative estimate of drug-likeness (QED) is 0.673. The highest BCUT2D eigenvalue weighted by molar-refractivity contribution is 7.09. The monoisotopic (exact) mass is 285 g/mol. The maximum atomic E-state index is 11.7. The Morgan fingerprint density at radius 3 is 3.00 bits per heavy atom. The van der Waals surface area contributed by atoms with Crippen molar-refractivity contribution in [3.63, 3.8) is 0 Å². The van der Waals surface area contributed by atoms with Crippen LogP contribution < -0.4 is 11.1 Å². The second kappa shape index (κ2) is 9.01. The van der Waals surface area contributed by atoms with Crippen molar-refractivity contribution in [2.45, 2.75) is 26.7 Å². The van der Waals surface area contributed by atoms with Gasteiger partial charge >= 0.3 is 0 Å². The molecule has 0 bridgehead atoms. The third kappa shape index (κ3) is 6.66. The number of carbonyl (C=O) groups is 1. The Morgan fingerprint density at radius 1 is 1.53 bits per heavy atom. The number of aromatic nitrogens is 1. The van der Waals surface area contributed by atoms with E-state index in [2.05, 4.69) is 24.1 Å². The molecule has 0 fully saturated rings. The van der Waals surface area contributed by atoms with Crippen molar-refractivity contribution in [2.75, 3.05) is 26.3 Å². The van der Waals surface area contributed by atoms with Gasteiger partial charge in [0.2, 0.25) is 0 Å². The highest BCUT2D eigenvalue weighted by atomic mass is 32.1. The SMILES string of the molecule is CC(C)CCOCCNC(=O)c1csc(CCN)n1. The summed E-state index contributed by atoms with van der Waals surface area (Å²) in [5.74, 6) is 0.498. The Hall–Kier alpha value is -0.980. The number of hydrogen-bond donors (Lipinski definition) is 2. The Kier molecular flexibility index (Phi) is 7.62. The molecule has 0 unspecified atom stereocenters. The van der Waals surface area contributed by atoms with Crippen molar-refractivity contribution in [1.29, 1.82) is 0 Å². The second-order valence-corrected chi connectivity index (χ2v) is 5.66. The first-order valence-electron chi connectivity index (χ1n) is 6.64. The maximum Gasteiger partial charge on any atom is 0.270 e. The Labute approximate surface area is 118 Å². The molecule has 0 spiro atoms. The summed E-state index contributed by atoms with van der Waals surface area (Å²) in [6, 6.07) is 0. The van der Waals surface area contributed by atoms with E-state index in [0.717, 1.165) is 24.5 Å². The van der Waals surface area contributed by atoms with E-state index in [1.165, 1.54) is 11.3 Å². The van der Waals surface area contributed by atoms with Gasteiger partial charge in [0, 0.05) is 25.0 Å². The average Bonchev–Trinajstić information content (AvgIpc) is 2.82. The molecule has 108 valence electrons. The lowest BCUT2D eigenvalue weighted by Crippen LogP contribution is -2.27. The molecule has 1 heterocycles. The number of nitrogens with one attached hydrogen (secondary N) is 1. The number of ether oxygens (including phenoxy) is 1. The zero-order chi connectivity index (χ0) is 14.1. The summed E-state index contributed by atoms with van der Waals surface area (Å²) in [5, 5.41) is 5.46. The van der Waals surface area contributed by atoms with Crippen LogP contribution in [0.4, 0.5) is 0 Å². The number of amides is 1. The van der Waals surface area contributed by atoms with Crippen molar-refractivity contribution < 1.29 is 9.53 Å². The van der Waals surface area contributed by atoms with Gasteiger partial charge in [0.25, 0.3) is 5.91 Å². The van der Waals surface area contributed by atoms with Crippen LogP contribution in [0.2, 0.25) is 0 Å². The topological polar surface area (TPSA) is 77.2 Å². The lowest BCUT2D eigenvalue weighted by molar-refractivity contribution is 0.0901. The summed E-state index contributed by atoms with van der Waals surface area (Å²) in [6.07, 6.45) is 1.76. The van der Waals surface area contributed by atoms with Crippen LogP contribution in [-0.4, -0.2) is 37.2 Å². The molecule has 0 aliphatic rings. The predicted molar refractivity (Wildman–Crippen MR) is 77.5 cm³/mol. The number of hydrogen-bond acceptors (Lipinski definition) is 5. The van der Waals surface area contributed by atoms with E-state index >= 15 is 0 Å². The molecular weight excluding hydrogens is 262 g/mol. The minimum Gasteiger partial charge on any atom is -0.380 e. The molecule has 0 saturated carbocycles. The van der Waals surface area contributed by atoms with Crippen LogP contribution in [0.1, 0.15) is 35.8 Å². The van der Waals surface area contributed by atoms with Crippen LogP contribution in [0.15, 0.2) is 5.38 Å². The summed E-state index contributed by atoms with van der Waals surface area (Å²) in [6.45, 7) is 6.67. The average molecular weight is 285 g/mol. The Balaban J connectivity index is 2.16. The molecule has 19 heavy (non-hydrogen) atoms. The van der Waals surface area contributed by atoms with Crippen molar-refractivity contribution >= 4 is 17.2 Å². The van der Waals surface area contributed by atoms with E-state index < -0.39 is 0 Å². The van der Waals surface area contributed by atoms with E-state index in [0.29, 0.717) is 31.3 Å². The number of nitrogens with zero attached hydrogens (tertiary/aromatic N) is 1. The fourth-order valence-electron chi connectivity index (χ4n) is 1.40. The minimum atomic E-state index is -0.146. The van der Waals surface area contributed by atoms with Crippen LogP contribution in [-0.2, 0) is 11.2 Å². The molecule has 1 aromatic rings. The zero-order valence-electron chi connectivity index (χ0n) is 11.6. The van der Waals surface area contributed by atoms with Gasteiger partial charge in [-0.1, -0.05) is 13.8 Å². The van der Waals surface area contributed by atoms with Crippen LogP contribution in [0.25, 0.3) is 0 Å². The summed E-state index contributed by atoms with van der Waals surface area (Å²) < 4.78 is 5.43. The van der Waals surface area contributed by atoms with Crippen molar-refractivity contribution in [3.05, 3.63) is 16.1 Å². The number of carbonyl (C=O) groups excluding carboxylic acids is 1. The van der Waals surface area contributed by atoms with E-state index in [1.54, 1.807) is 5.38 Å². The lowest BCUT2D eigenvalue weighted by Gasteiger charge is -2.06. The van der Waals surface area contributed by atoms with E-state index in [1.807, 2.05) is 0 Å². The van der Waals surface area contributed by atoms with Crippen molar-refractivity contribution in [3.8, 4) is 0 Å². The normalized spacial score (nSPS) is 10.9. The third-order valence-electron chi connectivity index (χ3n) is 2.51. The molecule has 0 aliphatic heterocycles. The van der Waals surface area contributed by atoms with Gasteiger partial charge < -0.3 is 15.8 Å².